The molecule has 0 spiro atoms. The van der Waals surface area contributed by atoms with E-state index in [9.17, 15) is 0 Å². The van der Waals surface area contributed by atoms with Crippen molar-refractivity contribution in [3.8, 4) is 5.88 Å². The molecule has 0 bridgehead atoms. The molecule has 0 fully saturated rings. The Bertz CT molecular complexity index is 917. The number of anilines is 1. The highest BCUT2D eigenvalue weighted by Gasteiger charge is 2.14. The number of nitrogens with one attached hydrogen (secondary N) is 1. The predicted octanol–water partition coefficient (Wildman–Crippen LogP) is 5.01. The fraction of sp³-hybridized carbons (Fsp3) is 0.400. The van der Waals surface area contributed by atoms with E-state index in [2.05, 4.69) is 36.2 Å². The Morgan fingerprint density at radius 1 is 1.15 bits per heavy atom. The third kappa shape index (κ3) is 5.12. The van der Waals surface area contributed by atoms with Crippen LogP contribution in [0.1, 0.15) is 19.8 Å². The van der Waals surface area contributed by atoms with E-state index in [1.165, 1.54) is 0 Å². The van der Waals surface area contributed by atoms with Crippen molar-refractivity contribution in [2.45, 2.75) is 25.8 Å². The molecule has 1 N–H and O–H groups in total. The number of fused-ring (bicyclic) bond motifs is 2. The second-order valence-electron chi connectivity index (χ2n) is 6.86. The van der Waals surface area contributed by atoms with Crippen LogP contribution in [-0.4, -0.2) is 48.7 Å². The average molecular weight is 409 g/mol. The molecule has 5 nitrogen and oxygen atoms in total. The van der Waals surface area contributed by atoms with E-state index in [-0.39, 0.29) is 12.4 Å². The summed E-state index contributed by atoms with van der Waals surface area (Å²) in [6.07, 6.45) is 2.20. The molecular weight excluding hydrogens is 383 g/mol. The minimum atomic E-state index is 0. The zero-order valence-corrected chi connectivity index (χ0v) is 17.7. The van der Waals surface area contributed by atoms with Gasteiger partial charge in [0.15, 0.2) is 0 Å². The largest absolute Gasteiger partial charge is 0.481 e. The Morgan fingerprint density at radius 3 is 2.63 bits per heavy atom. The highest BCUT2D eigenvalue weighted by molar-refractivity contribution is 6.31. The van der Waals surface area contributed by atoms with Gasteiger partial charge < -0.3 is 15.0 Å². The van der Waals surface area contributed by atoms with E-state index in [4.69, 9.17) is 21.3 Å². The molecule has 0 aliphatic carbocycles. The number of halogens is 2. The summed E-state index contributed by atoms with van der Waals surface area (Å²) < 4.78 is 5.31. The topological polar surface area (TPSA) is 50.3 Å². The minimum absolute atomic E-state index is 0. The standard InChI is InChI=1S/C20H25ClN4O.ClH/c1-13(6-5-11-25(2)3)22-19-15-8-7-14(21)12-17(15)23-16-9-10-18(26-4)24-20(16)19;/h7-10,12-13H,5-6,11H2,1-4H3,(H,22,23);1H. The first-order valence-electron chi connectivity index (χ1n) is 8.83. The molecular formula is C20H26Cl2N4O. The number of pyridine rings is 2. The van der Waals surface area contributed by atoms with Crippen LogP contribution in [0.25, 0.3) is 21.9 Å². The number of nitrogens with zero attached hydrogens (tertiary/aromatic N) is 3. The summed E-state index contributed by atoms with van der Waals surface area (Å²) >= 11 is 6.17. The van der Waals surface area contributed by atoms with Crippen LogP contribution in [0.2, 0.25) is 5.02 Å². The second kappa shape index (κ2) is 9.40. The normalized spacial score (nSPS) is 12.2. The first-order valence-corrected chi connectivity index (χ1v) is 9.21. The van der Waals surface area contributed by atoms with Crippen LogP contribution in [0.15, 0.2) is 30.3 Å². The molecule has 1 unspecified atom stereocenters. The highest BCUT2D eigenvalue weighted by atomic mass is 35.5. The highest BCUT2D eigenvalue weighted by Crippen LogP contribution is 2.33. The molecule has 27 heavy (non-hydrogen) atoms. The van der Waals surface area contributed by atoms with Gasteiger partial charge in [0.1, 0.15) is 5.52 Å². The van der Waals surface area contributed by atoms with Gasteiger partial charge in [-0.15, -0.1) is 12.4 Å². The van der Waals surface area contributed by atoms with Crippen LogP contribution in [-0.2, 0) is 0 Å². The van der Waals surface area contributed by atoms with Crippen molar-refractivity contribution in [1.82, 2.24) is 14.9 Å². The third-order valence-electron chi connectivity index (χ3n) is 4.40. The molecule has 2 aromatic heterocycles. The lowest BCUT2D eigenvalue weighted by molar-refractivity contribution is 0.390. The molecule has 0 radical (unpaired) electrons. The summed E-state index contributed by atoms with van der Waals surface area (Å²) in [5, 5.41) is 5.35. The molecule has 146 valence electrons. The number of ether oxygens (including phenoxy) is 1. The van der Waals surface area contributed by atoms with Gasteiger partial charge in [0.2, 0.25) is 5.88 Å². The zero-order valence-electron chi connectivity index (χ0n) is 16.1. The number of benzene rings is 1. The smallest absolute Gasteiger partial charge is 0.213 e. The van der Waals surface area contributed by atoms with E-state index in [1.54, 1.807) is 7.11 Å². The number of hydrogen-bond donors (Lipinski definition) is 1. The molecule has 3 rings (SSSR count). The first-order chi connectivity index (χ1) is 12.5. The maximum atomic E-state index is 6.17. The van der Waals surface area contributed by atoms with Crippen molar-refractivity contribution < 1.29 is 4.74 Å². The van der Waals surface area contributed by atoms with Crippen molar-refractivity contribution in [2.75, 3.05) is 33.1 Å². The molecule has 0 saturated heterocycles. The Labute approximate surface area is 171 Å². The van der Waals surface area contributed by atoms with Crippen molar-refractivity contribution in [2.24, 2.45) is 0 Å². The van der Waals surface area contributed by atoms with Crippen LogP contribution < -0.4 is 10.1 Å². The number of methoxy groups -OCH3 is 1. The van der Waals surface area contributed by atoms with Gasteiger partial charge in [0, 0.05) is 22.5 Å². The van der Waals surface area contributed by atoms with Crippen molar-refractivity contribution in [1.29, 1.82) is 0 Å². The third-order valence-corrected chi connectivity index (χ3v) is 4.63. The molecule has 0 aliphatic rings. The maximum absolute atomic E-state index is 6.17. The molecule has 0 saturated carbocycles. The summed E-state index contributed by atoms with van der Waals surface area (Å²) in [4.78, 5) is 11.6. The molecule has 0 amide bonds. The molecule has 2 heterocycles. The van der Waals surface area contributed by atoms with Gasteiger partial charge in [-0.25, -0.2) is 9.97 Å². The van der Waals surface area contributed by atoms with Crippen LogP contribution in [0, 0.1) is 0 Å². The molecule has 1 aromatic carbocycles. The minimum Gasteiger partial charge on any atom is -0.481 e. The Hall–Kier alpha value is -1.82. The van der Waals surface area contributed by atoms with Crippen molar-refractivity contribution in [3.63, 3.8) is 0 Å². The van der Waals surface area contributed by atoms with Gasteiger partial charge in [-0.05, 0) is 64.7 Å². The lowest BCUT2D eigenvalue weighted by atomic mass is 10.1. The lowest BCUT2D eigenvalue weighted by Gasteiger charge is -2.19. The van der Waals surface area contributed by atoms with Gasteiger partial charge in [0.05, 0.1) is 23.8 Å². The van der Waals surface area contributed by atoms with Gasteiger partial charge in [-0.1, -0.05) is 11.6 Å². The summed E-state index contributed by atoms with van der Waals surface area (Å²) in [5.41, 5.74) is 3.49. The Morgan fingerprint density at radius 2 is 1.93 bits per heavy atom. The van der Waals surface area contributed by atoms with E-state index < -0.39 is 0 Å². The van der Waals surface area contributed by atoms with Crippen LogP contribution >= 0.6 is 24.0 Å². The average Bonchev–Trinajstić information content (AvgIpc) is 2.60. The van der Waals surface area contributed by atoms with Crippen LogP contribution in [0.5, 0.6) is 5.88 Å². The van der Waals surface area contributed by atoms with E-state index in [0.717, 1.165) is 47.0 Å². The Balaban J connectivity index is 0.00000261. The van der Waals surface area contributed by atoms with E-state index in [0.29, 0.717) is 16.9 Å². The second-order valence-corrected chi connectivity index (χ2v) is 7.30. The molecule has 7 heteroatoms. The number of hydrogen-bond acceptors (Lipinski definition) is 5. The van der Waals surface area contributed by atoms with E-state index >= 15 is 0 Å². The maximum Gasteiger partial charge on any atom is 0.213 e. The first kappa shape index (κ1) is 21.5. The van der Waals surface area contributed by atoms with Crippen molar-refractivity contribution in [3.05, 3.63) is 35.4 Å². The molecule has 3 aromatic rings. The van der Waals surface area contributed by atoms with Gasteiger partial charge in [-0.3, -0.25) is 0 Å². The van der Waals surface area contributed by atoms with Crippen LogP contribution in [0.4, 0.5) is 5.69 Å². The zero-order chi connectivity index (χ0) is 18.7. The predicted molar refractivity (Wildman–Crippen MR) is 117 cm³/mol. The summed E-state index contributed by atoms with van der Waals surface area (Å²) in [6.45, 7) is 3.27. The van der Waals surface area contributed by atoms with Gasteiger partial charge in [-0.2, -0.15) is 0 Å². The number of rotatable bonds is 7. The molecule has 1 atom stereocenters. The van der Waals surface area contributed by atoms with Crippen molar-refractivity contribution >= 4 is 51.6 Å². The number of aromatic nitrogens is 2. The quantitative estimate of drug-likeness (QED) is 0.556. The van der Waals surface area contributed by atoms with Crippen LogP contribution in [0.3, 0.4) is 0 Å². The SMILES string of the molecule is COc1ccc2nc3cc(Cl)ccc3c(NC(C)CCCN(C)C)c2n1.Cl. The van der Waals surface area contributed by atoms with E-state index in [1.807, 2.05) is 30.3 Å². The fourth-order valence-corrected chi connectivity index (χ4v) is 3.23. The Kier molecular flexibility index (Phi) is 7.48. The monoisotopic (exact) mass is 408 g/mol. The van der Waals surface area contributed by atoms with Gasteiger partial charge >= 0.3 is 0 Å². The fourth-order valence-electron chi connectivity index (χ4n) is 3.07. The van der Waals surface area contributed by atoms with Gasteiger partial charge in [0.25, 0.3) is 0 Å². The summed E-state index contributed by atoms with van der Waals surface area (Å²) in [7, 11) is 5.82. The summed E-state index contributed by atoms with van der Waals surface area (Å²) in [5.74, 6) is 0.580. The summed E-state index contributed by atoms with van der Waals surface area (Å²) in [6, 6.07) is 9.86. The molecule has 0 aliphatic heterocycles. The lowest BCUT2D eigenvalue weighted by Crippen LogP contribution is -2.19.